The lowest BCUT2D eigenvalue weighted by atomic mass is 10.1. The summed E-state index contributed by atoms with van der Waals surface area (Å²) in [5.74, 6) is 0.103. The van der Waals surface area contributed by atoms with Gasteiger partial charge in [0, 0.05) is 17.6 Å². The van der Waals surface area contributed by atoms with Crippen LogP contribution in [0, 0.1) is 0 Å². The minimum absolute atomic E-state index is 0.103. The van der Waals surface area contributed by atoms with Crippen molar-refractivity contribution in [1.29, 1.82) is 0 Å². The molecule has 1 atom stereocenters. The Bertz CT molecular complexity index is 699. The van der Waals surface area contributed by atoms with Crippen LogP contribution in [-0.2, 0) is 9.84 Å². The average molecular weight is 338 g/mol. The Hall–Kier alpha value is -1.36. The monoisotopic (exact) mass is 337 g/mol. The fourth-order valence-corrected chi connectivity index (χ4v) is 3.66. The zero-order valence-corrected chi connectivity index (χ0v) is 14.3. The summed E-state index contributed by atoms with van der Waals surface area (Å²) in [6, 6.07) is 16.3. The Balaban J connectivity index is 2.00. The summed E-state index contributed by atoms with van der Waals surface area (Å²) in [4.78, 5) is 2.41. The third kappa shape index (κ3) is 4.32. The maximum Gasteiger partial charge on any atom is 0.179 e. The first-order valence-corrected chi connectivity index (χ1v) is 9.17. The van der Waals surface area contributed by atoms with Gasteiger partial charge in [-0.2, -0.15) is 0 Å². The van der Waals surface area contributed by atoms with Crippen molar-refractivity contribution in [3.05, 3.63) is 65.2 Å². The zero-order valence-electron chi connectivity index (χ0n) is 12.7. The number of rotatable bonds is 6. The Morgan fingerprint density at radius 1 is 1.05 bits per heavy atom. The van der Waals surface area contributed by atoms with E-state index in [2.05, 4.69) is 6.92 Å². The molecule has 2 aromatic rings. The van der Waals surface area contributed by atoms with Crippen molar-refractivity contribution in [3.8, 4) is 0 Å². The van der Waals surface area contributed by atoms with E-state index in [0.717, 1.165) is 5.56 Å². The van der Waals surface area contributed by atoms with E-state index in [9.17, 15) is 8.42 Å². The molecule has 0 fully saturated rings. The van der Waals surface area contributed by atoms with Gasteiger partial charge in [0.2, 0.25) is 0 Å². The van der Waals surface area contributed by atoms with Gasteiger partial charge in [0.25, 0.3) is 0 Å². The van der Waals surface area contributed by atoms with Crippen molar-refractivity contribution in [2.75, 3.05) is 19.3 Å². The van der Waals surface area contributed by atoms with Gasteiger partial charge in [-0.25, -0.2) is 8.42 Å². The largest absolute Gasteiger partial charge is 0.299 e. The second-order valence-corrected chi connectivity index (χ2v) is 7.89. The van der Waals surface area contributed by atoms with Gasteiger partial charge in [-0.1, -0.05) is 41.9 Å². The van der Waals surface area contributed by atoms with Gasteiger partial charge in [-0.05, 0) is 43.8 Å². The molecule has 0 aromatic heterocycles. The molecule has 0 amide bonds. The van der Waals surface area contributed by atoms with Crippen LogP contribution in [0.3, 0.4) is 0 Å². The van der Waals surface area contributed by atoms with Crippen molar-refractivity contribution >= 4 is 21.4 Å². The van der Waals surface area contributed by atoms with Crippen LogP contribution in [0.5, 0.6) is 0 Å². The van der Waals surface area contributed by atoms with Crippen LogP contribution in [0.25, 0.3) is 0 Å². The van der Waals surface area contributed by atoms with E-state index in [4.69, 9.17) is 11.6 Å². The molecular weight excluding hydrogens is 318 g/mol. The number of benzene rings is 2. The predicted octanol–water partition coefficient (Wildman–Crippen LogP) is 3.81. The summed E-state index contributed by atoms with van der Waals surface area (Å²) in [5, 5.41) is 0.699. The minimum atomic E-state index is -3.24. The molecule has 3 nitrogen and oxygen atoms in total. The van der Waals surface area contributed by atoms with E-state index in [1.54, 1.807) is 24.3 Å². The number of hydrogen-bond acceptors (Lipinski definition) is 3. The third-order valence-corrected chi connectivity index (χ3v) is 5.79. The topological polar surface area (TPSA) is 37.4 Å². The average Bonchev–Trinajstić information content (AvgIpc) is 2.53. The van der Waals surface area contributed by atoms with Crippen LogP contribution in [0.4, 0.5) is 0 Å². The van der Waals surface area contributed by atoms with Crippen LogP contribution in [0.2, 0.25) is 5.02 Å². The second kappa shape index (κ2) is 7.27. The van der Waals surface area contributed by atoms with Crippen molar-refractivity contribution < 1.29 is 8.42 Å². The highest BCUT2D eigenvalue weighted by Crippen LogP contribution is 2.21. The molecule has 0 heterocycles. The molecule has 0 aliphatic carbocycles. The SMILES string of the molecule is CC(c1ccc(Cl)cc1)N(C)CCS(=O)(=O)c1ccccc1. The van der Waals surface area contributed by atoms with Gasteiger partial charge in [-0.3, -0.25) is 4.90 Å². The van der Waals surface area contributed by atoms with Crippen LogP contribution in [0.15, 0.2) is 59.5 Å². The van der Waals surface area contributed by atoms with Gasteiger partial charge >= 0.3 is 0 Å². The Morgan fingerprint density at radius 3 is 2.23 bits per heavy atom. The highest BCUT2D eigenvalue weighted by Gasteiger charge is 2.17. The quantitative estimate of drug-likeness (QED) is 0.804. The second-order valence-electron chi connectivity index (χ2n) is 5.34. The lowest BCUT2D eigenvalue weighted by molar-refractivity contribution is 0.276. The first-order valence-electron chi connectivity index (χ1n) is 7.13. The number of nitrogens with zero attached hydrogens (tertiary/aromatic N) is 1. The summed E-state index contributed by atoms with van der Waals surface area (Å²) in [5.41, 5.74) is 1.11. The summed E-state index contributed by atoms with van der Waals surface area (Å²) in [6.07, 6.45) is 0. The van der Waals surface area contributed by atoms with Crippen LogP contribution in [-0.4, -0.2) is 32.7 Å². The van der Waals surface area contributed by atoms with E-state index >= 15 is 0 Å². The van der Waals surface area contributed by atoms with Crippen LogP contribution in [0.1, 0.15) is 18.5 Å². The Morgan fingerprint density at radius 2 is 1.64 bits per heavy atom. The van der Waals surface area contributed by atoms with E-state index in [-0.39, 0.29) is 11.8 Å². The summed E-state index contributed by atoms with van der Waals surface area (Å²) in [7, 11) is -1.31. The third-order valence-electron chi connectivity index (χ3n) is 3.83. The molecule has 0 aliphatic heterocycles. The van der Waals surface area contributed by atoms with Crippen molar-refractivity contribution in [3.63, 3.8) is 0 Å². The zero-order chi connectivity index (χ0) is 16.2. The fourth-order valence-electron chi connectivity index (χ4n) is 2.20. The smallest absolute Gasteiger partial charge is 0.179 e. The van der Waals surface area contributed by atoms with Crippen molar-refractivity contribution in [2.45, 2.75) is 17.9 Å². The molecular formula is C17H20ClNO2S. The maximum atomic E-state index is 12.3. The molecule has 22 heavy (non-hydrogen) atoms. The molecule has 0 N–H and O–H groups in total. The van der Waals surface area contributed by atoms with Crippen molar-refractivity contribution in [2.24, 2.45) is 0 Å². The van der Waals surface area contributed by atoms with Gasteiger partial charge in [0.1, 0.15) is 0 Å². The van der Waals surface area contributed by atoms with Crippen LogP contribution < -0.4 is 0 Å². The number of halogens is 1. The van der Waals surface area contributed by atoms with E-state index in [0.29, 0.717) is 16.5 Å². The van der Waals surface area contributed by atoms with Gasteiger partial charge < -0.3 is 0 Å². The standard InChI is InChI=1S/C17H20ClNO2S/c1-14(15-8-10-16(18)11-9-15)19(2)12-13-22(20,21)17-6-4-3-5-7-17/h3-11,14H,12-13H2,1-2H3. The van der Waals surface area contributed by atoms with E-state index < -0.39 is 9.84 Å². The lowest BCUT2D eigenvalue weighted by Crippen LogP contribution is -2.28. The summed E-state index contributed by atoms with van der Waals surface area (Å²) >= 11 is 5.89. The van der Waals surface area contributed by atoms with Gasteiger partial charge in [-0.15, -0.1) is 0 Å². The molecule has 2 aromatic carbocycles. The van der Waals surface area contributed by atoms with Crippen molar-refractivity contribution in [1.82, 2.24) is 4.90 Å². The van der Waals surface area contributed by atoms with Gasteiger partial charge in [0.05, 0.1) is 10.6 Å². The minimum Gasteiger partial charge on any atom is -0.299 e. The highest BCUT2D eigenvalue weighted by atomic mass is 35.5. The molecule has 0 bridgehead atoms. The number of hydrogen-bond donors (Lipinski definition) is 0. The fraction of sp³-hybridized carbons (Fsp3) is 0.294. The normalized spacial score (nSPS) is 13.3. The molecule has 0 saturated carbocycles. The Kier molecular flexibility index (Phi) is 5.62. The molecule has 5 heteroatoms. The Labute approximate surface area is 137 Å². The first kappa shape index (κ1) is 17.0. The summed E-state index contributed by atoms with van der Waals surface area (Å²) in [6.45, 7) is 2.53. The molecule has 0 radical (unpaired) electrons. The maximum absolute atomic E-state index is 12.3. The molecule has 118 valence electrons. The highest BCUT2D eigenvalue weighted by molar-refractivity contribution is 7.91. The van der Waals surface area contributed by atoms with E-state index in [1.165, 1.54) is 0 Å². The molecule has 1 unspecified atom stereocenters. The van der Waals surface area contributed by atoms with E-state index in [1.807, 2.05) is 42.3 Å². The molecule has 0 saturated heterocycles. The predicted molar refractivity (Wildman–Crippen MR) is 91.0 cm³/mol. The molecule has 0 spiro atoms. The first-order chi connectivity index (χ1) is 10.4. The molecule has 0 aliphatic rings. The molecule has 2 rings (SSSR count). The number of sulfone groups is 1. The summed E-state index contributed by atoms with van der Waals surface area (Å²) < 4.78 is 24.6. The van der Waals surface area contributed by atoms with Crippen LogP contribution >= 0.6 is 11.6 Å². The van der Waals surface area contributed by atoms with Gasteiger partial charge in [0.15, 0.2) is 9.84 Å². The lowest BCUT2D eigenvalue weighted by Gasteiger charge is -2.25.